The van der Waals surface area contributed by atoms with E-state index in [-0.39, 0.29) is 5.78 Å². The molecule has 1 nitrogen and oxygen atoms in total. The van der Waals surface area contributed by atoms with Gasteiger partial charge in [0.25, 0.3) is 0 Å². The van der Waals surface area contributed by atoms with Gasteiger partial charge >= 0.3 is 0 Å². The first-order valence-electron chi connectivity index (χ1n) is 4.16. The molecule has 0 aliphatic rings. The number of allylic oxidation sites excluding steroid dienone is 6. The normalized spacial score (nSPS) is 11.8. The van der Waals surface area contributed by atoms with Crippen LogP contribution in [0.2, 0.25) is 0 Å². The zero-order valence-electron chi connectivity index (χ0n) is 8.55. The van der Waals surface area contributed by atoms with Crippen LogP contribution in [0.4, 0.5) is 0 Å². The largest absolute Gasteiger partial charge is 0.295 e. The second kappa shape index (κ2) is 5.31. The van der Waals surface area contributed by atoms with Gasteiger partial charge in [0.05, 0.1) is 0 Å². The summed E-state index contributed by atoms with van der Waals surface area (Å²) in [6.07, 6.45) is 5.43. The minimum absolute atomic E-state index is 0.00220. The Labute approximate surface area is 80.2 Å². The molecule has 0 aromatic carbocycles. The van der Waals surface area contributed by atoms with E-state index < -0.39 is 0 Å². The van der Waals surface area contributed by atoms with Crippen LogP contribution in [0.15, 0.2) is 48.1 Å². The fourth-order valence-corrected chi connectivity index (χ4v) is 0.568. The van der Waals surface area contributed by atoms with E-state index in [1.165, 1.54) is 6.92 Å². The Bertz CT molecular complexity index is 290. The lowest BCUT2D eigenvalue weighted by atomic mass is 10.1. The Hall–Kier alpha value is -1.37. The van der Waals surface area contributed by atoms with Gasteiger partial charge in [-0.15, -0.1) is 0 Å². The van der Waals surface area contributed by atoms with Gasteiger partial charge in [-0.05, 0) is 26.3 Å². The Morgan fingerprint density at radius 2 is 1.69 bits per heavy atom. The molecule has 1 heteroatoms. The summed E-state index contributed by atoms with van der Waals surface area (Å²) in [4.78, 5) is 10.8. The molecule has 0 rings (SSSR count). The van der Waals surface area contributed by atoms with Crippen LogP contribution < -0.4 is 0 Å². The van der Waals surface area contributed by atoms with Gasteiger partial charge < -0.3 is 0 Å². The Kier molecular flexibility index (Phi) is 4.75. The average Bonchev–Trinajstić information content (AvgIpc) is 2.03. The number of ketones is 1. The zero-order chi connectivity index (χ0) is 10.4. The third-order valence-electron chi connectivity index (χ3n) is 1.77. The number of Topliss-reactive ketones (excluding diaryl/α,β-unsaturated/α-hetero) is 1. The van der Waals surface area contributed by atoms with Gasteiger partial charge in [-0.2, -0.15) is 0 Å². The minimum Gasteiger partial charge on any atom is -0.295 e. The maximum atomic E-state index is 10.8. The summed E-state index contributed by atoms with van der Waals surface area (Å²) in [5.41, 5.74) is 2.65. The highest BCUT2D eigenvalue weighted by Gasteiger charge is 1.92. The van der Waals surface area contributed by atoms with Crippen LogP contribution in [-0.2, 0) is 4.79 Å². The molecule has 0 spiro atoms. The summed E-state index contributed by atoms with van der Waals surface area (Å²) in [5, 5.41) is 0. The maximum Gasteiger partial charge on any atom is 0.159 e. The van der Waals surface area contributed by atoms with Crippen molar-refractivity contribution in [1.29, 1.82) is 0 Å². The molecule has 13 heavy (non-hydrogen) atoms. The van der Waals surface area contributed by atoms with Crippen LogP contribution in [-0.4, -0.2) is 5.78 Å². The molecular weight excluding hydrogens is 160 g/mol. The Balaban J connectivity index is 4.31. The molecule has 0 N–H and O–H groups in total. The molecule has 0 heterocycles. The standard InChI is InChI=1S/C12H16O/c1-9(2)10(3)7-6-8-11(4)12(5)13/h6-8H,1,4H2,2-3,5H3/b8-6-,10-7+. The fraction of sp³-hybridized carbons (Fsp3) is 0.250. The molecule has 70 valence electrons. The third kappa shape index (κ3) is 4.96. The number of carbonyl (C=O) groups excluding carboxylic acids is 1. The minimum atomic E-state index is -0.00220. The molecule has 0 bridgehead atoms. The van der Waals surface area contributed by atoms with Crippen molar-refractivity contribution in [3.63, 3.8) is 0 Å². The van der Waals surface area contributed by atoms with Gasteiger partial charge in [0.2, 0.25) is 0 Å². The summed E-state index contributed by atoms with van der Waals surface area (Å²) in [5.74, 6) is -0.00220. The summed E-state index contributed by atoms with van der Waals surface area (Å²) in [6.45, 7) is 12.8. The van der Waals surface area contributed by atoms with E-state index in [2.05, 4.69) is 13.2 Å². The summed E-state index contributed by atoms with van der Waals surface area (Å²) in [7, 11) is 0. The van der Waals surface area contributed by atoms with Crippen LogP contribution >= 0.6 is 0 Å². The van der Waals surface area contributed by atoms with E-state index >= 15 is 0 Å². The first kappa shape index (κ1) is 11.6. The predicted molar refractivity (Wildman–Crippen MR) is 57.5 cm³/mol. The van der Waals surface area contributed by atoms with Crippen LogP contribution in [0, 0.1) is 0 Å². The molecular formula is C12H16O. The average molecular weight is 176 g/mol. The van der Waals surface area contributed by atoms with Crippen molar-refractivity contribution >= 4 is 5.78 Å². The highest BCUT2D eigenvalue weighted by Crippen LogP contribution is 2.05. The van der Waals surface area contributed by atoms with Gasteiger partial charge in [-0.3, -0.25) is 4.79 Å². The Morgan fingerprint density at radius 3 is 2.08 bits per heavy atom. The van der Waals surface area contributed by atoms with E-state index in [9.17, 15) is 4.79 Å². The second-order valence-corrected chi connectivity index (χ2v) is 3.07. The molecule has 0 amide bonds. The van der Waals surface area contributed by atoms with Crippen LogP contribution in [0.3, 0.4) is 0 Å². The summed E-state index contributed by atoms with van der Waals surface area (Å²) < 4.78 is 0. The highest BCUT2D eigenvalue weighted by atomic mass is 16.1. The number of hydrogen-bond donors (Lipinski definition) is 0. The topological polar surface area (TPSA) is 17.1 Å². The van der Waals surface area contributed by atoms with Gasteiger partial charge in [0.15, 0.2) is 5.78 Å². The van der Waals surface area contributed by atoms with E-state index in [4.69, 9.17) is 0 Å². The third-order valence-corrected chi connectivity index (χ3v) is 1.77. The van der Waals surface area contributed by atoms with Crippen molar-refractivity contribution in [2.24, 2.45) is 0 Å². The molecule has 0 unspecified atom stereocenters. The SMILES string of the molecule is C=C(/C=C\C=C(/C)C(=C)C)C(C)=O. The molecule has 0 saturated heterocycles. The molecule has 0 saturated carbocycles. The second-order valence-electron chi connectivity index (χ2n) is 3.07. The van der Waals surface area contributed by atoms with Crippen molar-refractivity contribution in [1.82, 2.24) is 0 Å². The molecule has 0 atom stereocenters. The summed E-state index contributed by atoms with van der Waals surface area (Å²) in [6, 6.07) is 0. The van der Waals surface area contributed by atoms with Gasteiger partial charge in [0, 0.05) is 5.57 Å². The molecule has 0 aromatic rings. The van der Waals surface area contributed by atoms with Gasteiger partial charge in [-0.25, -0.2) is 0 Å². The lowest BCUT2D eigenvalue weighted by Crippen LogP contribution is -1.89. The molecule has 0 aliphatic heterocycles. The molecule has 0 aliphatic carbocycles. The quantitative estimate of drug-likeness (QED) is 0.475. The predicted octanol–water partition coefficient (Wildman–Crippen LogP) is 3.21. The first-order valence-corrected chi connectivity index (χ1v) is 4.16. The van der Waals surface area contributed by atoms with Crippen molar-refractivity contribution in [3.8, 4) is 0 Å². The van der Waals surface area contributed by atoms with Gasteiger partial charge in [0.1, 0.15) is 0 Å². The smallest absolute Gasteiger partial charge is 0.159 e. The van der Waals surface area contributed by atoms with E-state index in [1.807, 2.05) is 26.0 Å². The number of hydrogen-bond acceptors (Lipinski definition) is 1. The maximum absolute atomic E-state index is 10.8. The molecule has 0 radical (unpaired) electrons. The highest BCUT2D eigenvalue weighted by molar-refractivity contribution is 5.95. The van der Waals surface area contributed by atoms with Crippen molar-refractivity contribution in [2.75, 3.05) is 0 Å². The van der Waals surface area contributed by atoms with Gasteiger partial charge in [-0.1, -0.05) is 37.0 Å². The van der Waals surface area contributed by atoms with Crippen LogP contribution in [0.25, 0.3) is 0 Å². The van der Waals surface area contributed by atoms with Crippen LogP contribution in [0.5, 0.6) is 0 Å². The number of rotatable bonds is 4. The lowest BCUT2D eigenvalue weighted by molar-refractivity contribution is -0.113. The molecule has 0 aromatic heterocycles. The fourth-order valence-electron chi connectivity index (χ4n) is 0.568. The Morgan fingerprint density at radius 1 is 1.15 bits per heavy atom. The molecule has 0 fully saturated rings. The number of carbonyl (C=O) groups is 1. The monoisotopic (exact) mass is 176 g/mol. The van der Waals surface area contributed by atoms with E-state index in [0.29, 0.717) is 5.57 Å². The van der Waals surface area contributed by atoms with E-state index in [1.54, 1.807) is 6.08 Å². The van der Waals surface area contributed by atoms with E-state index in [0.717, 1.165) is 11.1 Å². The lowest BCUT2D eigenvalue weighted by Gasteiger charge is -1.94. The zero-order valence-corrected chi connectivity index (χ0v) is 8.55. The van der Waals surface area contributed by atoms with Crippen LogP contribution in [0.1, 0.15) is 20.8 Å². The van der Waals surface area contributed by atoms with Crippen molar-refractivity contribution in [2.45, 2.75) is 20.8 Å². The van der Waals surface area contributed by atoms with Crippen molar-refractivity contribution in [3.05, 3.63) is 48.1 Å². The first-order chi connectivity index (χ1) is 5.95. The summed E-state index contributed by atoms with van der Waals surface area (Å²) >= 11 is 0. The van der Waals surface area contributed by atoms with Crippen molar-refractivity contribution < 1.29 is 4.79 Å².